The van der Waals surface area contributed by atoms with Crippen molar-refractivity contribution in [2.24, 2.45) is 5.73 Å². The number of rotatable bonds is 5. The normalized spacial score (nSPS) is 12.1. The van der Waals surface area contributed by atoms with E-state index in [1.165, 1.54) is 0 Å². The predicted molar refractivity (Wildman–Crippen MR) is 83.2 cm³/mol. The number of para-hydroxylation sites is 3. The number of hydroxylamine groups is 2. The molecule has 0 fully saturated rings. The SMILES string of the molecule is CCN(CCN)Oc1cccc2c1Nc1ccccc1O2. The van der Waals surface area contributed by atoms with Gasteiger partial charge in [-0.2, -0.15) is 0 Å². The van der Waals surface area contributed by atoms with E-state index in [-0.39, 0.29) is 0 Å². The van der Waals surface area contributed by atoms with Gasteiger partial charge in [-0.15, -0.1) is 5.06 Å². The summed E-state index contributed by atoms with van der Waals surface area (Å²) in [5, 5.41) is 5.20. The maximum atomic E-state index is 5.93. The molecule has 5 heteroatoms. The number of hydrogen-bond acceptors (Lipinski definition) is 5. The molecule has 2 aromatic carbocycles. The van der Waals surface area contributed by atoms with Crippen LogP contribution in [0.2, 0.25) is 0 Å². The van der Waals surface area contributed by atoms with Crippen LogP contribution in [0.5, 0.6) is 17.2 Å². The number of ether oxygens (including phenoxy) is 1. The molecule has 0 bridgehead atoms. The first-order chi connectivity index (χ1) is 10.3. The van der Waals surface area contributed by atoms with Gasteiger partial charge in [-0.05, 0) is 31.2 Å². The number of benzene rings is 2. The highest BCUT2D eigenvalue weighted by Crippen LogP contribution is 2.46. The van der Waals surface area contributed by atoms with Crippen molar-refractivity contribution in [2.45, 2.75) is 6.92 Å². The first kappa shape index (κ1) is 13.7. The van der Waals surface area contributed by atoms with Crippen molar-refractivity contribution >= 4 is 11.4 Å². The topological polar surface area (TPSA) is 59.8 Å². The second-order valence-electron chi connectivity index (χ2n) is 4.75. The van der Waals surface area contributed by atoms with Crippen LogP contribution >= 0.6 is 0 Å². The third-order valence-corrected chi connectivity index (χ3v) is 3.31. The van der Waals surface area contributed by atoms with Gasteiger partial charge in [-0.25, -0.2) is 0 Å². The van der Waals surface area contributed by atoms with Crippen LogP contribution in [0, 0.1) is 0 Å². The van der Waals surface area contributed by atoms with Gasteiger partial charge in [0.1, 0.15) is 5.69 Å². The largest absolute Gasteiger partial charge is 0.453 e. The highest BCUT2D eigenvalue weighted by Gasteiger charge is 2.20. The van der Waals surface area contributed by atoms with E-state index < -0.39 is 0 Å². The molecule has 0 amide bonds. The van der Waals surface area contributed by atoms with Crippen LogP contribution in [0.25, 0.3) is 0 Å². The number of anilines is 2. The molecular weight excluding hydrogens is 266 g/mol. The van der Waals surface area contributed by atoms with Crippen LogP contribution < -0.4 is 20.6 Å². The molecule has 0 atom stereocenters. The van der Waals surface area contributed by atoms with Crippen LogP contribution in [0.4, 0.5) is 11.4 Å². The number of likely N-dealkylation sites (N-methyl/N-ethyl adjacent to an activating group) is 1. The van der Waals surface area contributed by atoms with E-state index in [1.54, 1.807) is 0 Å². The van der Waals surface area contributed by atoms with Gasteiger partial charge in [0.25, 0.3) is 0 Å². The molecule has 0 saturated heterocycles. The van der Waals surface area contributed by atoms with E-state index in [1.807, 2.05) is 54.5 Å². The molecule has 0 radical (unpaired) electrons. The first-order valence-corrected chi connectivity index (χ1v) is 7.11. The summed E-state index contributed by atoms with van der Waals surface area (Å²) in [7, 11) is 0. The minimum Gasteiger partial charge on any atom is -0.453 e. The Kier molecular flexibility index (Phi) is 3.94. The van der Waals surface area contributed by atoms with Crippen molar-refractivity contribution in [3.8, 4) is 17.2 Å². The Labute approximate surface area is 124 Å². The van der Waals surface area contributed by atoms with Crippen molar-refractivity contribution in [3.63, 3.8) is 0 Å². The minimum atomic E-state index is 0.551. The van der Waals surface area contributed by atoms with Gasteiger partial charge in [0, 0.05) is 19.6 Å². The number of fused-ring (bicyclic) bond motifs is 2. The first-order valence-electron chi connectivity index (χ1n) is 7.11. The van der Waals surface area contributed by atoms with E-state index in [0.29, 0.717) is 13.1 Å². The summed E-state index contributed by atoms with van der Waals surface area (Å²) in [5.74, 6) is 2.31. The predicted octanol–water partition coefficient (Wildman–Crippen LogP) is 3.11. The molecule has 1 aliphatic heterocycles. The van der Waals surface area contributed by atoms with Crippen molar-refractivity contribution in [1.82, 2.24) is 5.06 Å². The molecule has 0 aromatic heterocycles. The molecular formula is C16H19N3O2. The lowest BCUT2D eigenvalue weighted by atomic mass is 10.2. The Balaban J connectivity index is 1.89. The molecule has 3 rings (SSSR count). The zero-order valence-corrected chi connectivity index (χ0v) is 12.0. The Bertz CT molecular complexity index is 631. The maximum Gasteiger partial charge on any atom is 0.174 e. The third-order valence-electron chi connectivity index (χ3n) is 3.31. The molecule has 0 spiro atoms. The molecule has 5 nitrogen and oxygen atoms in total. The molecule has 21 heavy (non-hydrogen) atoms. The Morgan fingerprint density at radius 3 is 2.76 bits per heavy atom. The minimum absolute atomic E-state index is 0.551. The average Bonchev–Trinajstić information content (AvgIpc) is 2.53. The van der Waals surface area contributed by atoms with Gasteiger partial charge < -0.3 is 20.6 Å². The fourth-order valence-corrected chi connectivity index (χ4v) is 2.26. The zero-order valence-electron chi connectivity index (χ0n) is 12.0. The van der Waals surface area contributed by atoms with Gasteiger partial charge >= 0.3 is 0 Å². The number of nitrogens with two attached hydrogens (primary N) is 1. The lowest BCUT2D eigenvalue weighted by molar-refractivity contribution is -0.0500. The van der Waals surface area contributed by atoms with Gasteiger partial charge in [-0.1, -0.05) is 18.2 Å². The average molecular weight is 285 g/mol. The van der Waals surface area contributed by atoms with E-state index in [9.17, 15) is 0 Å². The molecule has 1 aliphatic rings. The second-order valence-corrected chi connectivity index (χ2v) is 4.75. The van der Waals surface area contributed by atoms with Crippen molar-refractivity contribution in [2.75, 3.05) is 25.0 Å². The summed E-state index contributed by atoms with van der Waals surface area (Å²) < 4.78 is 5.91. The zero-order chi connectivity index (χ0) is 14.7. The second kappa shape index (κ2) is 6.03. The fraction of sp³-hybridized carbons (Fsp3) is 0.250. The fourth-order valence-electron chi connectivity index (χ4n) is 2.26. The standard InChI is InChI=1S/C16H19N3O2/c1-2-19(11-10-17)21-15-9-5-8-14-16(15)18-12-6-3-4-7-13(12)20-14/h3-9,18H,2,10-11,17H2,1H3. The summed E-state index contributed by atoms with van der Waals surface area (Å²) in [5.41, 5.74) is 7.37. The molecule has 2 aromatic rings. The molecule has 3 N–H and O–H groups in total. The highest BCUT2D eigenvalue weighted by molar-refractivity contribution is 5.79. The molecule has 0 aliphatic carbocycles. The van der Waals surface area contributed by atoms with Crippen molar-refractivity contribution in [3.05, 3.63) is 42.5 Å². The van der Waals surface area contributed by atoms with Gasteiger partial charge in [0.15, 0.2) is 17.2 Å². The van der Waals surface area contributed by atoms with Crippen LogP contribution in [0.1, 0.15) is 6.92 Å². The van der Waals surface area contributed by atoms with Gasteiger partial charge in [0.05, 0.1) is 5.69 Å². The van der Waals surface area contributed by atoms with E-state index in [4.69, 9.17) is 15.3 Å². The quantitative estimate of drug-likeness (QED) is 0.705. The number of hydrogen-bond donors (Lipinski definition) is 2. The van der Waals surface area contributed by atoms with Crippen LogP contribution in [-0.2, 0) is 0 Å². The number of nitrogens with one attached hydrogen (secondary N) is 1. The lowest BCUT2D eigenvalue weighted by Crippen LogP contribution is -2.32. The highest BCUT2D eigenvalue weighted by atomic mass is 16.7. The molecule has 0 unspecified atom stereocenters. The summed E-state index contributed by atoms with van der Waals surface area (Å²) in [4.78, 5) is 5.93. The third kappa shape index (κ3) is 2.79. The van der Waals surface area contributed by atoms with Crippen molar-refractivity contribution in [1.29, 1.82) is 0 Å². The lowest BCUT2D eigenvalue weighted by Gasteiger charge is -2.26. The smallest absolute Gasteiger partial charge is 0.174 e. The summed E-state index contributed by atoms with van der Waals surface area (Å²) in [6.07, 6.45) is 0. The Hall–Kier alpha value is -2.24. The monoisotopic (exact) mass is 285 g/mol. The summed E-state index contributed by atoms with van der Waals surface area (Å²) in [6, 6.07) is 13.6. The van der Waals surface area contributed by atoms with Gasteiger partial charge in [-0.3, -0.25) is 0 Å². The van der Waals surface area contributed by atoms with Crippen LogP contribution in [0.3, 0.4) is 0 Å². The summed E-state index contributed by atoms with van der Waals surface area (Å²) in [6.45, 7) is 4.02. The maximum absolute atomic E-state index is 5.93. The molecule has 1 heterocycles. The molecule has 0 saturated carbocycles. The van der Waals surface area contributed by atoms with Crippen LogP contribution in [-0.4, -0.2) is 24.7 Å². The van der Waals surface area contributed by atoms with Gasteiger partial charge in [0.2, 0.25) is 0 Å². The Morgan fingerprint density at radius 1 is 1.14 bits per heavy atom. The molecule has 110 valence electrons. The Morgan fingerprint density at radius 2 is 1.95 bits per heavy atom. The van der Waals surface area contributed by atoms with Crippen LogP contribution in [0.15, 0.2) is 42.5 Å². The number of nitrogens with zero attached hydrogens (tertiary/aromatic N) is 1. The van der Waals surface area contributed by atoms with Crippen molar-refractivity contribution < 1.29 is 9.57 Å². The van der Waals surface area contributed by atoms with E-state index in [2.05, 4.69) is 5.32 Å². The van der Waals surface area contributed by atoms with E-state index >= 15 is 0 Å². The van der Waals surface area contributed by atoms with E-state index in [0.717, 1.165) is 35.2 Å². The summed E-state index contributed by atoms with van der Waals surface area (Å²) >= 11 is 0.